The maximum atomic E-state index is 13.1. The number of rotatable bonds is 5. The normalized spacial score (nSPS) is 18.0. The van der Waals surface area contributed by atoms with Gasteiger partial charge in [-0.3, -0.25) is 19.3 Å². The van der Waals surface area contributed by atoms with Crippen molar-refractivity contribution >= 4 is 61.7 Å². The topological polar surface area (TPSA) is 62.6 Å². The van der Waals surface area contributed by atoms with Crippen LogP contribution in [0, 0.1) is 0 Å². The van der Waals surface area contributed by atoms with E-state index in [1.165, 1.54) is 17.7 Å². The summed E-state index contributed by atoms with van der Waals surface area (Å²) in [5.74, 6) is -0.172. The summed E-state index contributed by atoms with van der Waals surface area (Å²) in [6, 6.07) is 15.4. The van der Waals surface area contributed by atoms with E-state index < -0.39 is 0 Å². The number of hydrogen-bond acceptors (Lipinski definition) is 4. The molecule has 1 aromatic heterocycles. The first kappa shape index (κ1) is 23.9. The lowest BCUT2D eigenvalue weighted by atomic mass is 10.1. The quantitative estimate of drug-likeness (QED) is 0.362. The van der Waals surface area contributed by atoms with Crippen LogP contribution in [-0.4, -0.2) is 44.5 Å². The van der Waals surface area contributed by atoms with Crippen LogP contribution in [0.4, 0.5) is 4.79 Å². The molecule has 2 aliphatic heterocycles. The van der Waals surface area contributed by atoms with E-state index in [0.29, 0.717) is 4.91 Å². The number of fused-ring (bicyclic) bond motifs is 1. The van der Waals surface area contributed by atoms with Crippen LogP contribution < -0.4 is 0 Å². The van der Waals surface area contributed by atoms with Gasteiger partial charge < -0.3 is 9.47 Å². The molecule has 5 rings (SSSR count). The number of aromatic nitrogens is 1. The van der Waals surface area contributed by atoms with Crippen LogP contribution >= 0.6 is 27.7 Å². The van der Waals surface area contributed by atoms with Crippen molar-refractivity contribution in [1.82, 2.24) is 14.4 Å². The van der Waals surface area contributed by atoms with Crippen LogP contribution in [-0.2, 0) is 22.7 Å². The Morgan fingerprint density at radius 1 is 0.971 bits per heavy atom. The summed E-state index contributed by atoms with van der Waals surface area (Å²) in [5.41, 5.74) is 2.66. The van der Waals surface area contributed by atoms with Crippen LogP contribution in [0.2, 0.25) is 0 Å². The Morgan fingerprint density at radius 3 is 2.43 bits per heavy atom. The van der Waals surface area contributed by atoms with Crippen LogP contribution in [0.1, 0.15) is 36.8 Å². The molecule has 2 aliphatic rings. The lowest BCUT2D eigenvalue weighted by Crippen LogP contribution is -2.34. The summed E-state index contributed by atoms with van der Waals surface area (Å²) in [6.45, 7) is 2.13. The van der Waals surface area contributed by atoms with Gasteiger partial charge in [-0.15, -0.1) is 0 Å². The highest BCUT2D eigenvalue weighted by Gasteiger charge is 2.35. The van der Waals surface area contributed by atoms with Gasteiger partial charge >= 0.3 is 0 Å². The standard InChI is InChI=1S/C27H26BrN3O3S/c28-21-11-9-19(10-12-21)16-31-26(33)24(35-27(31)34)15-20-17-30(23-8-4-3-7-22(20)23)18-25(32)29-13-5-1-2-6-14-29/h3-4,7-12,15,17H,1-2,5-6,13-14,16,18H2/b24-15-. The first-order valence-electron chi connectivity index (χ1n) is 11.8. The molecule has 3 aromatic rings. The molecule has 0 unspecified atom stereocenters. The number of imide groups is 1. The Hall–Kier alpha value is -2.84. The second-order valence-electron chi connectivity index (χ2n) is 8.92. The number of nitrogens with zero attached hydrogens (tertiary/aromatic N) is 3. The average Bonchev–Trinajstić information content (AvgIpc) is 3.16. The Morgan fingerprint density at radius 2 is 1.69 bits per heavy atom. The van der Waals surface area contributed by atoms with E-state index in [-0.39, 0.29) is 30.1 Å². The van der Waals surface area contributed by atoms with Crippen molar-refractivity contribution in [1.29, 1.82) is 0 Å². The molecule has 35 heavy (non-hydrogen) atoms. The predicted octanol–water partition coefficient (Wildman–Crippen LogP) is 6.04. The van der Waals surface area contributed by atoms with Gasteiger partial charge in [-0.25, -0.2) is 0 Å². The van der Waals surface area contributed by atoms with Crippen molar-refractivity contribution in [3.63, 3.8) is 0 Å². The molecule has 0 saturated carbocycles. The van der Waals surface area contributed by atoms with Crippen LogP contribution in [0.25, 0.3) is 17.0 Å². The van der Waals surface area contributed by atoms with Crippen molar-refractivity contribution in [2.24, 2.45) is 0 Å². The van der Waals surface area contributed by atoms with E-state index in [9.17, 15) is 14.4 Å². The average molecular weight is 552 g/mol. The molecular weight excluding hydrogens is 526 g/mol. The van der Waals surface area contributed by atoms with Crippen molar-refractivity contribution in [2.75, 3.05) is 13.1 Å². The highest BCUT2D eigenvalue weighted by Crippen LogP contribution is 2.35. The fourth-order valence-corrected chi connectivity index (χ4v) is 5.73. The third kappa shape index (κ3) is 5.23. The van der Waals surface area contributed by atoms with Crippen LogP contribution in [0.5, 0.6) is 0 Å². The van der Waals surface area contributed by atoms with E-state index in [4.69, 9.17) is 0 Å². The lowest BCUT2D eigenvalue weighted by Gasteiger charge is -2.20. The van der Waals surface area contributed by atoms with Crippen LogP contribution in [0.15, 0.2) is 64.1 Å². The van der Waals surface area contributed by atoms with Gasteiger partial charge in [0, 0.05) is 40.2 Å². The summed E-state index contributed by atoms with van der Waals surface area (Å²) in [5, 5.41) is 0.681. The van der Waals surface area contributed by atoms with Crippen molar-refractivity contribution < 1.29 is 14.4 Å². The smallest absolute Gasteiger partial charge is 0.293 e. The minimum absolute atomic E-state index is 0.119. The van der Waals surface area contributed by atoms with Gasteiger partial charge in [-0.2, -0.15) is 0 Å². The summed E-state index contributed by atoms with van der Waals surface area (Å²) in [6.07, 6.45) is 8.17. The number of hydrogen-bond donors (Lipinski definition) is 0. The Labute approximate surface area is 217 Å². The third-order valence-corrected chi connectivity index (χ3v) is 7.93. The monoisotopic (exact) mass is 551 g/mol. The maximum Gasteiger partial charge on any atom is 0.293 e. The highest BCUT2D eigenvalue weighted by molar-refractivity contribution is 9.10. The summed E-state index contributed by atoms with van der Waals surface area (Å²) in [7, 11) is 0. The minimum atomic E-state index is -0.291. The van der Waals surface area contributed by atoms with Crippen molar-refractivity contribution in [3.05, 3.63) is 75.2 Å². The molecule has 0 N–H and O–H groups in total. The minimum Gasteiger partial charge on any atom is -0.341 e. The van der Waals surface area contributed by atoms with E-state index in [1.54, 1.807) is 6.08 Å². The molecule has 2 aromatic carbocycles. The van der Waals surface area contributed by atoms with E-state index in [1.807, 2.05) is 64.2 Å². The maximum absolute atomic E-state index is 13.1. The van der Waals surface area contributed by atoms with Gasteiger partial charge in [0.05, 0.1) is 11.4 Å². The van der Waals surface area contributed by atoms with Gasteiger partial charge in [0.25, 0.3) is 11.1 Å². The molecule has 0 spiro atoms. The van der Waals surface area contributed by atoms with Crippen molar-refractivity contribution in [2.45, 2.75) is 38.8 Å². The SMILES string of the molecule is O=C(Cn1cc(/C=C2\SC(=O)N(Cc3ccc(Br)cc3)C2=O)c2ccccc21)N1CCCCCC1. The number of carbonyl (C=O) groups excluding carboxylic acids is 3. The molecule has 3 amide bonds. The van der Waals surface area contributed by atoms with Crippen molar-refractivity contribution in [3.8, 4) is 0 Å². The third-order valence-electron chi connectivity index (χ3n) is 6.50. The highest BCUT2D eigenvalue weighted by atomic mass is 79.9. The van der Waals surface area contributed by atoms with E-state index in [2.05, 4.69) is 15.9 Å². The number of likely N-dealkylation sites (tertiary alicyclic amines) is 1. The zero-order chi connectivity index (χ0) is 24.4. The fourth-order valence-electron chi connectivity index (χ4n) is 4.64. The zero-order valence-corrected chi connectivity index (χ0v) is 21.7. The predicted molar refractivity (Wildman–Crippen MR) is 143 cm³/mol. The lowest BCUT2D eigenvalue weighted by molar-refractivity contribution is -0.131. The van der Waals surface area contributed by atoms with Gasteiger partial charge in [0.1, 0.15) is 6.54 Å². The first-order valence-corrected chi connectivity index (χ1v) is 13.5. The first-order chi connectivity index (χ1) is 17.0. The number of para-hydroxylation sites is 1. The second kappa shape index (κ2) is 10.4. The zero-order valence-electron chi connectivity index (χ0n) is 19.3. The van der Waals surface area contributed by atoms with Gasteiger partial charge in [0.2, 0.25) is 5.91 Å². The molecule has 2 fully saturated rings. The number of amides is 3. The summed E-state index contributed by atoms with van der Waals surface area (Å²) >= 11 is 4.37. The molecule has 2 saturated heterocycles. The molecule has 6 nitrogen and oxygen atoms in total. The summed E-state index contributed by atoms with van der Waals surface area (Å²) < 4.78 is 2.90. The molecule has 8 heteroatoms. The number of halogens is 1. The van der Waals surface area contributed by atoms with E-state index >= 15 is 0 Å². The van der Waals surface area contributed by atoms with Crippen LogP contribution in [0.3, 0.4) is 0 Å². The number of carbonyl (C=O) groups is 3. The summed E-state index contributed by atoms with van der Waals surface area (Å²) in [4.78, 5) is 42.4. The Kier molecular flexibility index (Phi) is 7.11. The Balaban J connectivity index is 1.39. The number of benzene rings is 2. The molecular formula is C27H26BrN3O3S. The molecule has 0 aliphatic carbocycles. The molecule has 0 bridgehead atoms. The largest absolute Gasteiger partial charge is 0.341 e. The molecule has 0 atom stereocenters. The molecule has 3 heterocycles. The van der Waals surface area contributed by atoms with Gasteiger partial charge in [0.15, 0.2) is 0 Å². The Bertz CT molecular complexity index is 1310. The van der Waals surface area contributed by atoms with Gasteiger partial charge in [-0.05, 0) is 54.4 Å². The van der Waals surface area contributed by atoms with E-state index in [0.717, 1.165) is 64.2 Å². The second-order valence-corrected chi connectivity index (χ2v) is 10.8. The molecule has 0 radical (unpaired) electrons. The molecule has 180 valence electrons. The van der Waals surface area contributed by atoms with Gasteiger partial charge in [-0.1, -0.05) is 59.1 Å². The number of thioether (sulfide) groups is 1. The fraction of sp³-hybridized carbons (Fsp3) is 0.296.